The Morgan fingerprint density at radius 1 is 0.542 bits per heavy atom. The van der Waals surface area contributed by atoms with Crippen LogP contribution in [0.2, 0.25) is 0 Å². The topological polar surface area (TPSA) is 0 Å². The maximum absolute atomic E-state index is 2.27. The van der Waals surface area contributed by atoms with Gasteiger partial charge in [0.15, 0.2) is 0 Å². The standard InChI is InChI=1S/C24H16/c1-2-6-17(7-3-1)16-19-11-13-22-21(19)14-15-23-20-9-5-4-8-18(20)10-12-24(22)23/h1-16H/b19-16-. The van der Waals surface area contributed by atoms with Gasteiger partial charge in [-0.2, -0.15) is 0 Å². The van der Waals surface area contributed by atoms with Crippen molar-refractivity contribution in [3.05, 3.63) is 102 Å². The first-order valence-corrected chi connectivity index (χ1v) is 8.30. The summed E-state index contributed by atoms with van der Waals surface area (Å²) in [6.07, 6.45) is 6.74. The molecule has 0 heterocycles. The predicted molar refractivity (Wildman–Crippen MR) is 105 cm³/mol. The summed E-state index contributed by atoms with van der Waals surface area (Å²) in [6, 6.07) is 28.1. The van der Waals surface area contributed by atoms with Gasteiger partial charge in [0, 0.05) is 0 Å². The number of rotatable bonds is 1. The molecule has 112 valence electrons. The van der Waals surface area contributed by atoms with Crippen molar-refractivity contribution in [2.24, 2.45) is 0 Å². The van der Waals surface area contributed by atoms with Gasteiger partial charge in [0.1, 0.15) is 0 Å². The highest BCUT2D eigenvalue weighted by atomic mass is 14.2. The summed E-state index contributed by atoms with van der Waals surface area (Å²) < 4.78 is 0. The molecule has 1 aliphatic rings. The van der Waals surface area contributed by atoms with Gasteiger partial charge in [-0.3, -0.25) is 0 Å². The van der Waals surface area contributed by atoms with E-state index >= 15 is 0 Å². The third kappa shape index (κ3) is 2.00. The lowest BCUT2D eigenvalue weighted by Gasteiger charge is -2.09. The third-order valence-electron chi connectivity index (χ3n) is 4.83. The molecule has 0 spiro atoms. The van der Waals surface area contributed by atoms with Gasteiger partial charge in [-0.15, -0.1) is 0 Å². The second-order valence-corrected chi connectivity index (χ2v) is 6.25. The summed E-state index contributed by atoms with van der Waals surface area (Å²) in [7, 11) is 0. The summed E-state index contributed by atoms with van der Waals surface area (Å²) in [4.78, 5) is 0. The van der Waals surface area contributed by atoms with E-state index in [0.29, 0.717) is 0 Å². The van der Waals surface area contributed by atoms with E-state index in [4.69, 9.17) is 0 Å². The van der Waals surface area contributed by atoms with Gasteiger partial charge in [0.05, 0.1) is 0 Å². The van der Waals surface area contributed by atoms with Crippen LogP contribution in [-0.4, -0.2) is 0 Å². The van der Waals surface area contributed by atoms with Gasteiger partial charge < -0.3 is 0 Å². The van der Waals surface area contributed by atoms with Crippen molar-refractivity contribution < 1.29 is 0 Å². The summed E-state index contributed by atoms with van der Waals surface area (Å²) >= 11 is 0. The Labute approximate surface area is 141 Å². The Bertz CT molecular complexity index is 1130. The maximum Gasteiger partial charge on any atom is -0.00987 e. The van der Waals surface area contributed by atoms with Crippen LogP contribution in [0, 0.1) is 0 Å². The Morgan fingerprint density at radius 2 is 1.33 bits per heavy atom. The summed E-state index contributed by atoms with van der Waals surface area (Å²) in [6.45, 7) is 0. The van der Waals surface area contributed by atoms with Gasteiger partial charge in [-0.1, -0.05) is 91.0 Å². The molecule has 0 N–H and O–H groups in total. The zero-order valence-corrected chi connectivity index (χ0v) is 13.2. The molecular formula is C24H16. The lowest BCUT2D eigenvalue weighted by molar-refractivity contribution is 1.65. The van der Waals surface area contributed by atoms with Crippen LogP contribution in [0.15, 0.2) is 84.9 Å². The van der Waals surface area contributed by atoms with Crippen molar-refractivity contribution >= 4 is 39.3 Å². The lowest BCUT2D eigenvalue weighted by atomic mass is 9.95. The predicted octanol–water partition coefficient (Wildman–Crippen LogP) is 6.56. The van der Waals surface area contributed by atoms with Crippen LogP contribution in [0.5, 0.6) is 0 Å². The van der Waals surface area contributed by atoms with E-state index in [9.17, 15) is 0 Å². The van der Waals surface area contributed by atoms with Crippen LogP contribution in [0.25, 0.3) is 39.3 Å². The van der Waals surface area contributed by atoms with Crippen molar-refractivity contribution in [1.29, 1.82) is 0 Å². The minimum Gasteiger partial charge on any atom is -0.0622 e. The number of hydrogen-bond acceptors (Lipinski definition) is 0. The Morgan fingerprint density at radius 3 is 2.25 bits per heavy atom. The van der Waals surface area contributed by atoms with Gasteiger partial charge in [0.2, 0.25) is 0 Å². The number of allylic oxidation sites excluding steroid dienone is 2. The second-order valence-electron chi connectivity index (χ2n) is 6.25. The average molecular weight is 304 g/mol. The van der Waals surface area contributed by atoms with Crippen LogP contribution in [0.3, 0.4) is 0 Å². The molecule has 0 saturated carbocycles. The minimum atomic E-state index is 1.24. The fourth-order valence-corrected chi connectivity index (χ4v) is 3.66. The number of fused-ring (bicyclic) bond motifs is 5. The van der Waals surface area contributed by atoms with E-state index in [1.807, 2.05) is 0 Å². The van der Waals surface area contributed by atoms with Crippen molar-refractivity contribution in [1.82, 2.24) is 0 Å². The van der Waals surface area contributed by atoms with Gasteiger partial charge in [-0.25, -0.2) is 0 Å². The molecule has 0 amide bonds. The van der Waals surface area contributed by atoms with Crippen LogP contribution in [-0.2, 0) is 0 Å². The molecule has 1 aliphatic carbocycles. The zero-order chi connectivity index (χ0) is 15.9. The first-order valence-electron chi connectivity index (χ1n) is 8.30. The molecule has 0 fully saturated rings. The van der Waals surface area contributed by atoms with Crippen molar-refractivity contribution in [2.45, 2.75) is 0 Å². The molecule has 0 atom stereocenters. The smallest absolute Gasteiger partial charge is 0.00987 e. The summed E-state index contributed by atoms with van der Waals surface area (Å²) in [5.41, 5.74) is 5.18. The second kappa shape index (κ2) is 5.21. The van der Waals surface area contributed by atoms with Gasteiger partial charge in [-0.05, 0) is 49.9 Å². The van der Waals surface area contributed by atoms with E-state index in [0.717, 1.165) is 0 Å². The normalized spacial score (nSPS) is 14.6. The Hall–Kier alpha value is -3.12. The van der Waals surface area contributed by atoms with Crippen LogP contribution in [0.4, 0.5) is 0 Å². The Balaban J connectivity index is 1.74. The van der Waals surface area contributed by atoms with Crippen molar-refractivity contribution in [3.8, 4) is 0 Å². The third-order valence-corrected chi connectivity index (χ3v) is 4.83. The zero-order valence-electron chi connectivity index (χ0n) is 13.2. The monoisotopic (exact) mass is 304 g/mol. The molecule has 0 radical (unpaired) electrons. The molecule has 0 nitrogen and oxygen atoms in total. The van der Waals surface area contributed by atoms with Crippen molar-refractivity contribution in [2.75, 3.05) is 0 Å². The molecule has 4 aromatic rings. The summed E-state index contributed by atoms with van der Waals surface area (Å²) in [5, 5.41) is 5.29. The molecular weight excluding hydrogens is 288 g/mol. The Kier molecular flexibility index (Phi) is 2.89. The van der Waals surface area contributed by atoms with E-state index in [1.165, 1.54) is 43.8 Å². The van der Waals surface area contributed by atoms with E-state index < -0.39 is 0 Å². The van der Waals surface area contributed by atoms with E-state index in [1.54, 1.807) is 0 Å². The highest BCUT2D eigenvalue weighted by Gasteiger charge is 2.14. The molecule has 0 bridgehead atoms. The van der Waals surface area contributed by atoms with Crippen LogP contribution < -0.4 is 0 Å². The van der Waals surface area contributed by atoms with Crippen LogP contribution in [0.1, 0.15) is 16.7 Å². The number of benzene rings is 4. The molecule has 0 aliphatic heterocycles. The molecule has 0 saturated heterocycles. The van der Waals surface area contributed by atoms with Crippen LogP contribution >= 0.6 is 0 Å². The van der Waals surface area contributed by atoms with Crippen molar-refractivity contribution in [3.63, 3.8) is 0 Å². The van der Waals surface area contributed by atoms with E-state index in [2.05, 4.69) is 97.1 Å². The van der Waals surface area contributed by atoms with E-state index in [-0.39, 0.29) is 0 Å². The molecule has 5 rings (SSSR count). The van der Waals surface area contributed by atoms with Gasteiger partial charge >= 0.3 is 0 Å². The minimum absolute atomic E-state index is 1.24. The number of hydrogen-bond donors (Lipinski definition) is 0. The molecule has 0 unspecified atom stereocenters. The maximum atomic E-state index is 2.27. The quantitative estimate of drug-likeness (QED) is 0.349. The largest absolute Gasteiger partial charge is 0.0622 e. The molecule has 0 aromatic heterocycles. The average Bonchev–Trinajstić information content (AvgIpc) is 3.05. The molecule has 24 heavy (non-hydrogen) atoms. The first kappa shape index (κ1) is 13.3. The fourth-order valence-electron chi connectivity index (χ4n) is 3.66. The first-order chi connectivity index (χ1) is 11.9. The SMILES string of the molecule is C1=Cc2c(ccc3c2ccc2ccccc23)/C1=C\c1ccccc1. The fraction of sp³-hybridized carbons (Fsp3) is 0. The highest BCUT2D eigenvalue weighted by molar-refractivity contribution is 6.13. The molecule has 4 aromatic carbocycles. The summed E-state index contributed by atoms with van der Waals surface area (Å²) in [5.74, 6) is 0. The lowest BCUT2D eigenvalue weighted by Crippen LogP contribution is -1.85. The van der Waals surface area contributed by atoms with Gasteiger partial charge in [0.25, 0.3) is 0 Å². The molecule has 0 heteroatoms. The highest BCUT2D eigenvalue weighted by Crippen LogP contribution is 2.37.